The van der Waals surface area contributed by atoms with Crippen LogP contribution >= 0.6 is 0 Å². The van der Waals surface area contributed by atoms with Gasteiger partial charge in [-0.25, -0.2) is 9.82 Å². The molecule has 0 aliphatic heterocycles. The second kappa shape index (κ2) is 9.87. The second-order valence-electron chi connectivity index (χ2n) is 5.85. The van der Waals surface area contributed by atoms with Crippen molar-refractivity contribution in [1.29, 1.82) is 0 Å². The van der Waals surface area contributed by atoms with Crippen molar-refractivity contribution in [1.82, 2.24) is 5.43 Å². The molecule has 0 heterocycles. The first-order chi connectivity index (χ1) is 13.7. The zero-order valence-corrected chi connectivity index (χ0v) is 15.0. The second-order valence-corrected chi connectivity index (χ2v) is 5.85. The molecule has 0 atom stereocenters. The topological polar surface area (TPSA) is 59.9 Å². The van der Waals surface area contributed by atoms with Crippen LogP contribution in [0, 0.1) is 5.82 Å². The Labute approximate surface area is 162 Å². The van der Waals surface area contributed by atoms with Gasteiger partial charge in [-0.3, -0.25) is 4.79 Å². The van der Waals surface area contributed by atoms with E-state index in [2.05, 4.69) is 10.5 Å². The maximum Gasteiger partial charge on any atom is 0.277 e. The molecule has 0 aliphatic rings. The molecule has 0 unspecified atom stereocenters. The summed E-state index contributed by atoms with van der Waals surface area (Å²) >= 11 is 0. The average Bonchev–Trinajstić information content (AvgIpc) is 2.72. The number of hydrogen-bond acceptors (Lipinski definition) is 4. The molecule has 3 aromatic carbocycles. The number of nitrogens with one attached hydrogen (secondary N) is 1. The van der Waals surface area contributed by atoms with Crippen LogP contribution in [-0.4, -0.2) is 18.7 Å². The van der Waals surface area contributed by atoms with Crippen molar-refractivity contribution in [2.45, 2.75) is 6.61 Å². The van der Waals surface area contributed by atoms with Gasteiger partial charge in [-0.05, 0) is 29.8 Å². The third-order valence-corrected chi connectivity index (χ3v) is 3.72. The van der Waals surface area contributed by atoms with Crippen LogP contribution in [0.2, 0.25) is 0 Å². The predicted octanol–water partition coefficient (Wildman–Crippen LogP) is 3.93. The minimum atomic E-state index is -0.455. The summed E-state index contributed by atoms with van der Waals surface area (Å²) in [4.78, 5) is 11.8. The summed E-state index contributed by atoms with van der Waals surface area (Å²) < 4.78 is 24.1. The Balaban J connectivity index is 1.51. The third-order valence-electron chi connectivity index (χ3n) is 3.72. The van der Waals surface area contributed by atoms with Crippen molar-refractivity contribution in [2.24, 2.45) is 5.10 Å². The molecule has 0 radical (unpaired) electrons. The van der Waals surface area contributed by atoms with Crippen LogP contribution in [0.4, 0.5) is 4.39 Å². The Morgan fingerprint density at radius 1 is 0.964 bits per heavy atom. The molecule has 0 saturated carbocycles. The fourth-order valence-electron chi connectivity index (χ4n) is 2.37. The van der Waals surface area contributed by atoms with Crippen LogP contribution in [0.5, 0.6) is 11.5 Å². The van der Waals surface area contributed by atoms with Gasteiger partial charge in [0.05, 0.1) is 6.21 Å². The van der Waals surface area contributed by atoms with Crippen LogP contribution < -0.4 is 14.9 Å². The molecule has 5 nitrogen and oxygen atoms in total. The molecule has 142 valence electrons. The van der Waals surface area contributed by atoms with E-state index in [0.29, 0.717) is 12.4 Å². The SMILES string of the molecule is O=C(COc1cccc(F)c1)N/N=C\c1ccccc1OCc1ccccc1. The quantitative estimate of drug-likeness (QED) is 0.477. The van der Waals surface area contributed by atoms with Crippen molar-refractivity contribution in [3.05, 3.63) is 95.8 Å². The molecule has 0 spiro atoms. The smallest absolute Gasteiger partial charge is 0.277 e. The number of hydrazone groups is 1. The lowest BCUT2D eigenvalue weighted by Crippen LogP contribution is -2.24. The number of benzene rings is 3. The van der Waals surface area contributed by atoms with Gasteiger partial charge in [0.15, 0.2) is 6.61 Å². The van der Waals surface area contributed by atoms with E-state index in [1.54, 1.807) is 6.07 Å². The molecule has 0 bridgehead atoms. The molecule has 1 amide bonds. The van der Waals surface area contributed by atoms with E-state index < -0.39 is 11.7 Å². The predicted molar refractivity (Wildman–Crippen MR) is 105 cm³/mol. The number of ether oxygens (including phenoxy) is 2. The molecule has 28 heavy (non-hydrogen) atoms. The highest BCUT2D eigenvalue weighted by atomic mass is 19.1. The first-order valence-corrected chi connectivity index (χ1v) is 8.67. The van der Waals surface area contributed by atoms with Gasteiger partial charge in [-0.15, -0.1) is 0 Å². The minimum Gasteiger partial charge on any atom is -0.488 e. The van der Waals surface area contributed by atoms with Crippen LogP contribution in [-0.2, 0) is 11.4 Å². The number of hydrogen-bond donors (Lipinski definition) is 1. The van der Waals surface area contributed by atoms with Gasteiger partial charge in [0.25, 0.3) is 5.91 Å². The van der Waals surface area contributed by atoms with E-state index in [9.17, 15) is 9.18 Å². The van der Waals surface area contributed by atoms with Crippen molar-refractivity contribution in [3.63, 3.8) is 0 Å². The Hall–Kier alpha value is -3.67. The summed E-state index contributed by atoms with van der Waals surface area (Å²) in [7, 11) is 0. The first-order valence-electron chi connectivity index (χ1n) is 8.67. The van der Waals surface area contributed by atoms with E-state index in [1.807, 2.05) is 54.6 Å². The Morgan fingerprint density at radius 3 is 2.57 bits per heavy atom. The highest BCUT2D eigenvalue weighted by molar-refractivity contribution is 5.85. The van der Waals surface area contributed by atoms with Crippen molar-refractivity contribution in [3.8, 4) is 11.5 Å². The maximum absolute atomic E-state index is 13.1. The summed E-state index contributed by atoms with van der Waals surface area (Å²) in [6.45, 7) is 0.159. The molecule has 3 aromatic rings. The molecular weight excluding hydrogens is 359 g/mol. The average molecular weight is 378 g/mol. The monoisotopic (exact) mass is 378 g/mol. The summed E-state index contributed by atoms with van der Waals surface area (Å²) in [5.74, 6) is 0.0467. The number of carbonyl (C=O) groups is 1. The summed E-state index contributed by atoms with van der Waals surface area (Å²) in [6.07, 6.45) is 1.50. The fraction of sp³-hybridized carbons (Fsp3) is 0.0909. The molecule has 1 N–H and O–H groups in total. The first kappa shape index (κ1) is 19.1. The molecular formula is C22H19FN2O3. The van der Waals surface area contributed by atoms with Gasteiger partial charge in [-0.2, -0.15) is 5.10 Å². The zero-order chi connectivity index (χ0) is 19.6. The standard InChI is InChI=1S/C22H19FN2O3/c23-19-10-6-11-20(13-19)27-16-22(26)25-24-14-18-9-4-5-12-21(18)28-15-17-7-2-1-3-8-17/h1-14H,15-16H2,(H,25,26)/b24-14-. The lowest BCUT2D eigenvalue weighted by atomic mass is 10.2. The molecule has 0 saturated heterocycles. The molecule has 3 rings (SSSR count). The Morgan fingerprint density at radius 2 is 1.75 bits per heavy atom. The van der Waals surface area contributed by atoms with E-state index in [-0.39, 0.29) is 12.4 Å². The third kappa shape index (κ3) is 5.95. The van der Waals surface area contributed by atoms with Crippen molar-refractivity contribution >= 4 is 12.1 Å². The Bertz CT molecular complexity index is 945. The molecule has 0 aliphatic carbocycles. The van der Waals surface area contributed by atoms with Gasteiger partial charge < -0.3 is 9.47 Å². The molecule has 0 fully saturated rings. The Kier molecular flexibility index (Phi) is 6.73. The van der Waals surface area contributed by atoms with Gasteiger partial charge in [0.1, 0.15) is 23.9 Å². The van der Waals surface area contributed by atoms with E-state index >= 15 is 0 Å². The van der Waals surface area contributed by atoms with Crippen LogP contribution in [0.15, 0.2) is 84.0 Å². The van der Waals surface area contributed by atoms with Crippen LogP contribution in [0.3, 0.4) is 0 Å². The molecule has 0 aromatic heterocycles. The lowest BCUT2D eigenvalue weighted by Gasteiger charge is -2.09. The number of amides is 1. The minimum absolute atomic E-state index is 0.271. The lowest BCUT2D eigenvalue weighted by molar-refractivity contribution is -0.123. The number of para-hydroxylation sites is 1. The summed E-state index contributed by atoms with van der Waals surface area (Å²) in [6, 6.07) is 22.8. The fourth-order valence-corrected chi connectivity index (χ4v) is 2.37. The van der Waals surface area contributed by atoms with E-state index in [0.717, 1.165) is 11.1 Å². The highest BCUT2D eigenvalue weighted by Gasteiger charge is 2.04. The number of halogens is 1. The van der Waals surface area contributed by atoms with E-state index in [4.69, 9.17) is 9.47 Å². The van der Waals surface area contributed by atoms with Gasteiger partial charge >= 0.3 is 0 Å². The van der Waals surface area contributed by atoms with E-state index in [1.165, 1.54) is 24.4 Å². The maximum atomic E-state index is 13.1. The number of rotatable bonds is 8. The van der Waals surface area contributed by atoms with Gasteiger partial charge in [0.2, 0.25) is 0 Å². The van der Waals surface area contributed by atoms with Crippen LogP contribution in [0.25, 0.3) is 0 Å². The van der Waals surface area contributed by atoms with Crippen molar-refractivity contribution in [2.75, 3.05) is 6.61 Å². The summed E-state index contributed by atoms with van der Waals surface area (Å²) in [5.41, 5.74) is 4.15. The largest absolute Gasteiger partial charge is 0.488 e. The number of carbonyl (C=O) groups excluding carboxylic acids is 1. The number of nitrogens with zero attached hydrogens (tertiary/aromatic N) is 1. The van der Waals surface area contributed by atoms with Gasteiger partial charge in [-0.1, -0.05) is 48.5 Å². The zero-order valence-electron chi connectivity index (χ0n) is 15.0. The highest BCUT2D eigenvalue weighted by Crippen LogP contribution is 2.17. The normalized spacial score (nSPS) is 10.6. The summed E-state index contributed by atoms with van der Waals surface area (Å²) in [5, 5.41) is 3.93. The van der Waals surface area contributed by atoms with Crippen LogP contribution in [0.1, 0.15) is 11.1 Å². The van der Waals surface area contributed by atoms with Gasteiger partial charge in [0, 0.05) is 11.6 Å². The van der Waals surface area contributed by atoms with Crippen molar-refractivity contribution < 1.29 is 18.7 Å². The molecule has 6 heteroatoms.